The second-order valence-corrected chi connectivity index (χ2v) is 6.76. The van der Waals surface area contributed by atoms with Gasteiger partial charge >= 0.3 is 0 Å². The molecular weight excluding hydrogens is 300 g/mol. The van der Waals surface area contributed by atoms with Crippen LogP contribution in [0, 0.1) is 6.92 Å². The van der Waals surface area contributed by atoms with Gasteiger partial charge in [-0.05, 0) is 24.6 Å². The van der Waals surface area contributed by atoms with Crippen molar-refractivity contribution in [2.45, 2.75) is 13.5 Å². The topological polar surface area (TPSA) is 42.0 Å². The molecule has 1 amide bonds. The van der Waals surface area contributed by atoms with Crippen LogP contribution in [-0.2, 0) is 6.54 Å². The molecule has 0 fully saturated rings. The maximum atomic E-state index is 12.1. The Hall–Kier alpha value is -1.98. The summed E-state index contributed by atoms with van der Waals surface area (Å²) in [5.41, 5.74) is 1.56. The second kappa shape index (κ2) is 6.20. The van der Waals surface area contributed by atoms with Gasteiger partial charge in [0, 0.05) is 16.8 Å². The Balaban J connectivity index is 1.67. The summed E-state index contributed by atoms with van der Waals surface area (Å²) in [7, 11) is 0. The van der Waals surface area contributed by atoms with Crippen LogP contribution in [0.2, 0.25) is 0 Å². The van der Waals surface area contributed by atoms with Gasteiger partial charge in [-0.25, -0.2) is 4.98 Å². The number of nitrogens with zero attached hydrogens (tertiary/aromatic N) is 1. The molecule has 0 saturated carbocycles. The van der Waals surface area contributed by atoms with Gasteiger partial charge in [-0.3, -0.25) is 4.79 Å². The van der Waals surface area contributed by atoms with Crippen molar-refractivity contribution in [2.75, 3.05) is 0 Å². The molecule has 0 atom stereocenters. The van der Waals surface area contributed by atoms with Crippen LogP contribution in [0.25, 0.3) is 9.88 Å². The predicted octanol–water partition coefficient (Wildman–Crippen LogP) is 4.11. The number of benzene rings is 1. The molecule has 0 saturated heterocycles. The minimum absolute atomic E-state index is 0.130. The summed E-state index contributed by atoms with van der Waals surface area (Å²) in [5, 5.41) is 5.60. The Morgan fingerprint density at radius 2 is 2.00 bits per heavy atom. The average Bonchev–Trinajstić information content (AvgIpc) is 3.14. The number of carbonyl (C=O) groups is 1. The van der Waals surface area contributed by atoms with E-state index in [0.29, 0.717) is 12.2 Å². The second-order valence-electron chi connectivity index (χ2n) is 4.62. The average molecular weight is 314 g/mol. The molecule has 3 aromatic rings. The minimum Gasteiger partial charge on any atom is -0.347 e. The Bertz CT molecular complexity index is 746. The summed E-state index contributed by atoms with van der Waals surface area (Å²) in [6, 6.07) is 14.0. The number of hydrogen-bond acceptors (Lipinski definition) is 4. The molecule has 0 aliphatic heterocycles. The Morgan fingerprint density at radius 3 is 2.71 bits per heavy atom. The van der Waals surface area contributed by atoms with E-state index in [1.165, 1.54) is 16.2 Å². The first-order valence-electron chi connectivity index (χ1n) is 6.57. The standard InChI is InChI=1S/C16H14N2OS2/c1-11-7-8-14(21-11)16-18-13(10-20-16)15(19)17-9-12-5-3-2-4-6-12/h2-8,10H,9H2,1H3,(H,17,19). The van der Waals surface area contributed by atoms with Gasteiger partial charge in [0.2, 0.25) is 0 Å². The first-order chi connectivity index (χ1) is 10.2. The zero-order chi connectivity index (χ0) is 14.7. The summed E-state index contributed by atoms with van der Waals surface area (Å²) >= 11 is 3.20. The first kappa shape index (κ1) is 14.0. The van der Waals surface area contributed by atoms with E-state index in [1.807, 2.05) is 41.8 Å². The molecule has 3 nitrogen and oxygen atoms in total. The van der Waals surface area contributed by atoms with Crippen molar-refractivity contribution in [3.05, 3.63) is 64.0 Å². The zero-order valence-electron chi connectivity index (χ0n) is 11.5. The van der Waals surface area contributed by atoms with E-state index < -0.39 is 0 Å². The fourth-order valence-corrected chi connectivity index (χ4v) is 3.65. The predicted molar refractivity (Wildman–Crippen MR) is 87.8 cm³/mol. The van der Waals surface area contributed by atoms with Gasteiger partial charge in [0.15, 0.2) is 0 Å². The lowest BCUT2D eigenvalue weighted by atomic mass is 10.2. The van der Waals surface area contributed by atoms with Gasteiger partial charge < -0.3 is 5.32 Å². The van der Waals surface area contributed by atoms with Gasteiger partial charge in [-0.2, -0.15) is 0 Å². The van der Waals surface area contributed by atoms with E-state index in [0.717, 1.165) is 15.4 Å². The third-order valence-corrected chi connectivity index (χ3v) is 5.00. The van der Waals surface area contributed by atoms with Crippen molar-refractivity contribution >= 4 is 28.6 Å². The maximum absolute atomic E-state index is 12.1. The van der Waals surface area contributed by atoms with Crippen LogP contribution in [0.1, 0.15) is 20.9 Å². The highest BCUT2D eigenvalue weighted by atomic mass is 32.1. The molecule has 0 radical (unpaired) electrons. The van der Waals surface area contributed by atoms with E-state index >= 15 is 0 Å². The molecule has 0 unspecified atom stereocenters. The Kier molecular flexibility index (Phi) is 4.13. The molecule has 0 aliphatic carbocycles. The van der Waals surface area contributed by atoms with Crippen LogP contribution in [0.5, 0.6) is 0 Å². The van der Waals surface area contributed by atoms with Crippen molar-refractivity contribution in [1.29, 1.82) is 0 Å². The van der Waals surface area contributed by atoms with Gasteiger partial charge in [-0.1, -0.05) is 30.3 Å². The highest BCUT2D eigenvalue weighted by molar-refractivity contribution is 7.21. The summed E-state index contributed by atoms with van der Waals surface area (Å²) < 4.78 is 0. The summed E-state index contributed by atoms with van der Waals surface area (Å²) in [6.45, 7) is 2.58. The SMILES string of the molecule is Cc1ccc(-c2nc(C(=O)NCc3ccccc3)cs2)s1. The van der Waals surface area contributed by atoms with E-state index in [-0.39, 0.29) is 5.91 Å². The van der Waals surface area contributed by atoms with E-state index in [9.17, 15) is 4.79 Å². The molecule has 21 heavy (non-hydrogen) atoms. The number of thiazole rings is 1. The van der Waals surface area contributed by atoms with Crippen LogP contribution in [0.3, 0.4) is 0 Å². The van der Waals surface area contributed by atoms with Crippen molar-refractivity contribution in [1.82, 2.24) is 10.3 Å². The molecule has 1 aromatic carbocycles. The largest absolute Gasteiger partial charge is 0.347 e. The Morgan fingerprint density at radius 1 is 1.19 bits per heavy atom. The number of carbonyl (C=O) groups excluding carboxylic acids is 1. The highest BCUT2D eigenvalue weighted by Gasteiger charge is 2.12. The summed E-state index contributed by atoms with van der Waals surface area (Å²) in [5.74, 6) is -0.130. The van der Waals surface area contributed by atoms with Gasteiger partial charge in [0.05, 0.1) is 4.88 Å². The maximum Gasteiger partial charge on any atom is 0.271 e. The van der Waals surface area contributed by atoms with Gasteiger partial charge in [0.25, 0.3) is 5.91 Å². The first-order valence-corrected chi connectivity index (χ1v) is 8.26. The molecular formula is C16H14N2OS2. The highest BCUT2D eigenvalue weighted by Crippen LogP contribution is 2.30. The number of amides is 1. The Labute approximate surface area is 131 Å². The molecule has 3 rings (SSSR count). The van der Waals surface area contributed by atoms with Gasteiger partial charge in [0.1, 0.15) is 10.7 Å². The quantitative estimate of drug-likeness (QED) is 0.787. The molecule has 106 valence electrons. The molecule has 0 aliphatic rings. The number of nitrogens with one attached hydrogen (secondary N) is 1. The lowest BCUT2D eigenvalue weighted by Gasteiger charge is -2.02. The van der Waals surface area contributed by atoms with Crippen LogP contribution in [0.15, 0.2) is 47.8 Å². The van der Waals surface area contributed by atoms with Gasteiger partial charge in [-0.15, -0.1) is 22.7 Å². The summed E-state index contributed by atoms with van der Waals surface area (Å²) in [6.07, 6.45) is 0. The van der Waals surface area contributed by atoms with Crippen molar-refractivity contribution in [3.8, 4) is 9.88 Å². The van der Waals surface area contributed by atoms with Crippen molar-refractivity contribution in [2.24, 2.45) is 0 Å². The summed E-state index contributed by atoms with van der Waals surface area (Å²) in [4.78, 5) is 18.9. The number of aromatic nitrogens is 1. The fourth-order valence-electron chi connectivity index (χ4n) is 1.91. The van der Waals surface area contributed by atoms with Crippen molar-refractivity contribution < 1.29 is 4.79 Å². The third kappa shape index (κ3) is 3.37. The number of hydrogen-bond donors (Lipinski definition) is 1. The van der Waals surface area contributed by atoms with E-state index in [4.69, 9.17) is 0 Å². The number of thiophene rings is 1. The molecule has 2 heterocycles. The van der Waals surface area contributed by atoms with Crippen LogP contribution >= 0.6 is 22.7 Å². The number of aryl methyl sites for hydroxylation is 1. The zero-order valence-corrected chi connectivity index (χ0v) is 13.1. The molecule has 0 bridgehead atoms. The van der Waals surface area contributed by atoms with Crippen LogP contribution in [0.4, 0.5) is 0 Å². The molecule has 0 spiro atoms. The lowest BCUT2D eigenvalue weighted by Crippen LogP contribution is -2.22. The molecule has 2 aromatic heterocycles. The molecule has 5 heteroatoms. The fraction of sp³-hybridized carbons (Fsp3) is 0.125. The smallest absolute Gasteiger partial charge is 0.271 e. The van der Waals surface area contributed by atoms with E-state index in [1.54, 1.807) is 11.3 Å². The molecule has 1 N–H and O–H groups in total. The van der Waals surface area contributed by atoms with E-state index in [2.05, 4.69) is 23.3 Å². The van der Waals surface area contributed by atoms with Crippen LogP contribution in [-0.4, -0.2) is 10.9 Å². The number of rotatable bonds is 4. The van der Waals surface area contributed by atoms with Crippen molar-refractivity contribution in [3.63, 3.8) is 0 Å². The van der Waals surface area contributed by atoms with Crippen LogP contribution < -0.4 is 5.32 Å². The minimum atomic E-state index is -0.130. The lowest BCUT2D eigenvalue weighted by molar-refractivity contribution is 0.0946. The third-order valence-electron chi connectivity index (χ3n) is 2.98. The normalized spacial score (nSPS) is 10.5. The monoisotopic (exact) mass is 314 g/mol.